The van der Waals surface area contributed by atoms with Gasteiger partial charge < -0.3 is 119 Å². The second-order valence-electron chi connectivity index (χ2n) is 33.8. The number of para-hydroxylation sites is 2. The summed E-state index contributed by atoms with van der Waals surface area (Å²) in [4.78, 5) is 297. The maximum Gasteiger partial charge on any atom is 0.305 e. The molecule has 5 heterocycles. The molecule has 0 aliphatic carbocycles. The lowest BCUT2D eigenvalue weighted by molar-refractivity contribution is -0.150. The van der Waals surface area contributed by atoms with Crippen molar-refractivity contribution in [3.05, 3.63) is 102 Å². The zero-order chi connectivity index (χ0) is 98.5. The van der Waals surface area contributed by atoms with Gasteiger partial charge in [-0.05, 0) is 86.4 Å². The van der Waals surface area contributed by atoms with Crippen LogP contribution in [0.5, 0.6) is 5.75 Å². The van der Waals surface area contributed by atoms with Crippen LogP contribution in [0.1, 0.15) is 153 Å². The molecule has 3 aliphatic heterocycles. The summed E-state index contributed by atoms with van der Waals surface area (Å²) < 4.78 is 5.31. The minimum absolute atomic E-state index is 0.0851. The van der Waals surface area contributed by atoms with Gasteiger partial charge in [0.2, 0.25) is 82.7 Å². The van der Waals surface area contributed by atoms with Gasteiger partial charge in [0, 0.05) is 139 Å². The lowest BCUT2D eigenvalue weighted by Crippen LogP contribution is -2.61. The van der Waals surface area contributed by atoms with E-state index in [4.69, 9.17) is 16.2 Å². The Kier molecular flexibility index (Phi) is 39.9. The monoisotopic (exact) mass is 1890 g/mol. The summed E-state index contributed by atoms with van der Waals surface area (Å²) in [6.07, 6.45) is -5.94. The van der Waals surface area contributed by atoms with Gasteiger partial charge >= 0.3 is 23.9 Å². The van der Waals surface area contributed by atoms with Gasteiger partial charge in [0.25, 0.3) is 0 Å². The first-order valence-corrected chi connectivity index (χ1v) is 45.6. The summed E-state index contributed by atoms with van der Waals surface area (Å²) in [5.74, 6) is -25.0. The van der Waals surface area contributed by atoms with Crippen LogP contribution in [0.15, 0.2) is 85.2 Å². The highest BCUT2D eigenvalue weighted by atomic mass is 32.2. The fourth-order valence-corrected chi connectivity index (χ4v) is 17.4. The van der Waals surface area contributed by atoms with Crippen LogP contribution >= 0.6 is 11.8 Å². The number of aliphatic hydroxyl groups excluding tert-OH is 1. The minimum atomic E-state index is -1.95. The van der Waals surface area contributed by atoms with E-state index in [1.165, 1.54) is 41.4 Å². The number of thioether (sulfide) groups is 1. The predicted octanol–water partition coefficient (Wildman–Crippen LogP) is -0.807. The van der Waals surface area contributed by atoms with Crippen LogP contribution in [-0.4, -0.2) is 322 Å². The van der Waals surface area contributed by atoms with E-state index in [9.17, 15) is 87.9 Å². The molecule has 0 bridgehead atoms. The number of rotatable bonds is 28. The zero-order valence-electron chi connectivity index (χ0n) is 75.7. The summed E-state index contributed by atoms with van der Waals surface area (Å²) >= 11 is 0.732. The highest BCUT2D eigenvalue weighted by Crippen LogP contribution is 2.29. The molecule has 44 heteroatoms. The van der Waals surface area contributed by atoms with Crippen LogP contribution in [0.2, 0.25) is 0 Å². The first-order chi connectivity index (χ1) is 63.7. The first-order valence-electron chi connectivity index (χ1n) is 44.4. The number of aromatic nitrogens is 2. The standard InChI is InChI=1S/C90H121N17O26S/c1-8-10-21-67-83(125)96-59(28-32-75(113)114)81(123)102-66(71(109)30-31-73(92)111)46-134-47-74(112)95-62(35-49-24-26-54(133-7)27-25-49)86(128)103(4)48(3)79(121)99-64(41-78(119)120)89(131)106-34-16-23-68(106)84(126)101-65(42-91)82(124)97-60(29-33-76(115)116)88(130)107-45-53(108)40-70(107)85(127)98-61(36-51-43-93-57-19-14-12-17-55(51)57)72(110)38-50(39-77(117)118)80(122)100-63(37-52-44-94-58-20-15-13-18-56(52)58)87(129)105(6)69(22-11-9-2)90(132)104(67)5/h12-15,17-20,24-27,43-44,48,50,53,59-70,93-94,108H,8-11,16,21-23,28-42,45-47,91H2,1-7H3,(H2,92,111)(H,95,112)(H,96,125)(H,97,124)(H,98,127)(H,99,121)(H,100,122)(H,101,126)(H,102,123)(H,113,114)(H,115,116)(H,117,118)(H,119,120)/t48-,50-,53+,59-,60-,61-,62-,63-,64-,65-,66-,67-,68-,69-,70-/m0/s1. The SMILES string of the molecule is CCCC[C@H]1C(=O)N(C)[C@@H](CCCC)C(=O)N[C@@H](CCC(=O)O)C(=O)N[C@H](C(=O)CCC(N)=O)CSCC(=O)N[C@@H](Cc2ccc(OC)cc2)C(=O)N(C)[C@@H](C)C(=O)N[C@@H](CC(=O)O)C(=O)N2CCC[C@H]2C(=O)N[C@@H](CN)C(=O)N[C@@H](CCC(=O)O)C(=O)N2C[C@H](O)C[C@H]2C(=O)N[C@@H](Cc2c[nH]c3ccccc23)C(=O)C[C@@H](CC(=O)O)C(=O)N[C@@H](Cc2c[nH]c3ccccc23)C(=O)N1C. The van der Waals surface area contributed by atoms with Crippen molar-refractivity contribution in [3.8, 4) is 5.75 Å². The van der Waals surface area contributed by atoms with Crippen LogP contribution in [-0.2, 0) is 115 Å². The molecule has 0 saturated carbocycles. The van der Waals surface area contributed by atoms with Crippen LogP contribution in [0.4, 0.5) is 0 Å². The Morgan fingerprint density at radius 3 is 1.60 bits per heavy atom. The number of aromatic amines is 2. The number of unbranched alkanes of at least 4 members (excludes halogenated alkanes) is 2. The summed E-state index contributed by atoms with van der Waals surface area (Å²) in [5.41, 5.74) is 14.0. The van der Waals surface area contributed by atoms with Crippen molar-refractivity contribution < 1.29 is 126 Å². The van der Waals surface area contributed by atoms with Gasteiger partial charge in [-0.2, -0.15) is 0 Å². The summed E-state index contributed by atoms with van der Waals surface area (Å²) in [6, 6.07) is -1.83. The van der Waals surface area contributed by atoms with E-state index in [0.717, 1.165) is 36.3 Å². The molecule has 3 saturated heterocycles. The fraction of sp³-hybridized carbons (Fsp3) is 0.533. The molecule has 2 aromatic heterocycles. The van der Waals surface area contributed by atoms with Crippen LogP contribution < -0.4 is 58.7 Å². The Balaban J connectivity index is 1.20. The number of hydrogen-bond acceptors (Lipinski definition) is 24. The van der Waals surface area contributed by atoms with Crippen molar-refractivity contribution in [2.75, 3.05) is 59.4 Å². The molecular formula is C90H121N17O26S. The van der Waals surface area contributed by atoms with Gasteiger partial charge in [0.15, 0.2) is 11.6 Å². The Morgan fingerprint density at radius 1 is 0.500 bits per heavy atom. The summed E-state index contributed by atoms with van der Waals surface area (Å²) in [7, 11) is 5.11. The van der Waals surface area contributed by atoms with Gasteiger partial charge in [-0.1, -0.05) is 88.1 Å². The number of benzene rings is 3. The van der Waals surface area contributed by atoms with E-state index in [1.807, 2.05) is 0 Å². The van der Waals surface area contributed by atoms with E-state index in [1.54, 1.807) is 92.8 Å². The average molecular weight is 1890 g/mol. The van der Waals surface area contributed by atoms with Crippen molar-refractivity contribution >= 4 is 152 Å². The molecule has 3 aromatic carbocycles. The number of nitrogens with two attached hydrogens (primary N) is 2. The maximum absolute atomic E-state index is 15.8. The van der Waals surface area contributed by atoms with E-state index in [2.05, 4.69) is 52.5 Å². The Hall–Kier alpha value is -13.4. The van der Waals surface area contributed by atoms with Gasteiger partial charge in [-0.15, -0.1) is 11.8 Å². The predicted molar refractivity (Wildman–Crippen MR) is 483 cm³/mol. The van der Waals surface area contributed by atoms with Gasteiger partial charge in [0.1, 0.15) is 72.2 Å². The number of ether oxygens (including phenoxy) is 1. The number of fused-ring (bicyclic) bond motifs is 4. The van der Waals surface area contributed by atoms with Crippen LogP contribution in [0.25, 0.3) is 21.8 Å². The van der Waals surface area contributed by atoms with Crippen molar-refractivity contribution in [2.45, 2.75) is 240 Å². The molecule has 3 aliphatic rings. The Labute approximate surface area is 775 Å². The third-order valence-corrected chi connectivity index (χ3v) is 25.2. The van der Waals surface area contributed by atoms with E-state index >= 15 is 33.6 Å². The second kappa shape index (κ2) is 50.5. The molecule has 14 amide bonds. The molecule has 5 aromatic rings. The highest BCUT2D eigenvalue weighted by molar-refractivity contribution is 8.00. The number of hydrogen-bond donors (Lipinski definition) is 17. The number of aliphatic carboxylic acids is 4. The van der Waals surface area contributed by atoms with Gasteiger partial charge in [0.05, 0.1) is 49.8 Å². The fourth-order valence-electron chi connectivity index (χ4n) is 16.5. The third kappa shape index (κ3) is 29.6. The Bertz CT molecular complexity index is 5120. The zero-order valence-corrected chi connectivity index (χ0v) is 76.6. The number of likely N-dealkylation sites (N-methyl/N-ethyl adjacent to an activating group) is 3. The highest BCUT2D eigenvalue weighted by Gasteiger charge is 2.47. The smallest absolute Gasteiger partial charge is 0.305 e. The van der Waals surface area contributed by atoms with Crippen LogP contribution in [0, 0.1) is 5.92 Å². The van der Waals surface area contributed by atoms with Crippen molar-refractivity contribution in [1.82, 2.24) is 77.0 Å². The number of nitrogens with zero attached hydrogens (tertiary/aromatic N) is 5. The molecule has 3 fully saturated rings. The molecule has 19 N–H and O–H groups in total. The number of carboxylic acid groups (broad SMARTS) is 4. The number of carbonyl (C=O) groups excluding carboxylic acids is 16. The van der Waals surface area contributed by atoms with Gasteiger partial charge in [-0.3, -0.25) is 95.9 Å². The number of aliphatic hydroxyl groups is 1. The number of primary amides is 1. The molecule has 43 nitrogen and oxygen atoms in total. The molecule has 134 heavy (non-hydrogen) atoms. The maximum atomic E-state index is 15.8. The van der Waals surface area contributed by atoms with Crippen molar-refractivity contribution in [3.63, 3.8) is 0 Å². The number of carbonyl (C=O) groups is 20. The molecule has 0 spiro atoms. The number of methoxy groups -OCH3 is 1. The lowest BCUT2D eigenvalue weighted by Gasteiger charge is -2.36. The number of nitrogens with one attached hydrogen (secondary N) is 10. The van der Waals surface area contributed by atoms with E-state index < -0.39 is 298 Å². The first kappa shape index (κ1) is 106. The van der Waals surface area contributed by atoms with Crippen molar-refractivity contribution in [2.24, 2.45) is 17.4 Å². The number of amides is 14. The molecule has 728 valence electrons. The molecule has 15 atom stereocenters. The lowest BCUT2D eigenvalue weighted by atomic mass is 9.91. The molecule has 0 radical (unpaired) electrons. The molecule has 8 rings (SSSR count). The Morgan fingerprint density at radius 2 is 1.01 bits per heavy atom. The number of H-pyrrole nitrogens is 2. The number of Topliss-reactive ketones (excluding diaryl/α,β-unsaturated/α-hetero) is 2. The quantitative estimate of drug-likeness (QED) is 0.0291. The number of carboxylic acids is 4. The average Bonchev–Trinajstić information content (AvgIpc) is 1.61. The second-order valence-corrected chi connectivity index (χ2v) is 34.8. The van der Waals surface area contributed by atoms with Crippen molar-refractivity contribution in [1.29, 1.82) is 0 Å². The normalized spacial score (nSPS) is 24.8. The number of ketones is 2. The minimum Gasteiger partial charge on any atom is -0.497 e. The largest absolute Gasteiger partial charge is 0.497 e. The van der Waals surface area contributed by atoms with E-state index in [0.29, 0.717) is 57.1 Å². The van der Waals surface area contributed by atoms with E-state index in [-0.39, 0.29) is 64.3 Å². The summed E-state index contributed by atoms with van der Waals surface area (Å²) in [5, 5.41) is 73.6. The van der Waals surface area contributed by atoms with Crippen LogP contribution in [0.3, 0.4) is 0 Å². The molecule has 0 unspecified atom stereocenters. The van der Waals surface area contributed by atoms with Gasteiger partial charge in [-0.25, -0.2) is 0 Å². The third-order valence-electron chi connectivity index (χ3n) is 24.1. The molecular weight excluding hydrogens is 1770 g/mol. The topological polar surface area (TPSA) is 648 Å². The summed E-state index contributed by atoms with van der Waals surface area (Å²) in [6.45, 7) is 3.20.